The van der Waals surface area contributed by atoms with Crippen molar-refractivity contribution in [3.05, 3.63) is 0 Å². The van der Waals surface area contributed by atoms with E-state index in [0.717, 1.165) is 25.7 Å². The Morgan fingerprint density at radius 2 is 1.33 bits per heavy atom. The Morgan fingerprint density at radius 3 is 1.61 bits per heavy atom. The van der Waals surface area contributed by atoms with Crippen molar-refractivity contribution in [2.24, 2.45) is 5.92 Å². The highest BCUT2D eigenvalue weighted by Gasteiger charge is 2.41. The van der Waals surface area contributed by atoms with Crippen LogP contribution in [0, 0.1) is 5.92 Å². The van der Waals surface area contributed by atoms with Gasteiger partial charge in [-0.15, -0.1) is 0 Å². The highest BCUT2D eigenvalue weighted by atomic mass is 28.4. The molecular formula is C13H29NO2Si2. The number of rotatable bonds is 4. The lowest BCUT2D eigenvalue weighted by atomic mass is 9.86. The fourth-order valence-electron chi connectivity index (χ4n) is 3.68. The summed E-state index contributed by atoms with van der Waals surface area (Å²) in [5.41, 5.74) is 0. The number of carboxylic acid groups (broad SMARTS) is 1. The van der Waals surface area contributed by atoms with Gasteiger partial charge in [0.15, 0.2) is 0 Å². The summed E-state index contributed by atoms with van der Waals surface area (Å²) in [7, 11) is -2.62. The maximum atomic E-state index is 11.0. The van der Waals surface area contributed by atoms with Crippen LogP contribution >= 0.6 is 0 Å². The summed E-state index contributed by atoms with van der Waals surface area (Å²) in [5.74, 6) is -0.688. The van der Waals surface area contributed by atoms with Gasteiger partial charge in [0.1, 0.15) is 16.5 Å². The van der Waals surface area contributed by atoms with E-state index in [4.69, 9.17) is 5.11 Å². The smallest absolute Gasteiger partial charge is 0.306 e. The van der Waals surface area contributed by atoms with Crippen molar-refractivity contribution >= 4 is 22.4 Å². The van der Waals surface area contributed by atoms with E-state index in [1.54, 1.807) is 0 Å². The topological polar surface area (TPSA) is 40.5 Å². The van der Waals surface area contributed by atoms with Crippen molar-refractivity contribution in [1.29, 1.82) is 0 Å². The van der Waals surface area contributed by atoms with Crippen LogP contribution in [0.1, 0.15) is 25.7 Å². The number of hydrogen-bond donors (Lipinski definition) is 1. The third-order valence-corrected chi connectivity index (χ3v) is 11.5. The normalized spacial score (nSPS) is 26.4. The molecule has 0 aromatic carbocycles. The standard InChI is InChI=1S/C13H29NO2Si2/c1-17(2,3)14(18(4,5)6)12-9-7-11(8-10-12)13(15)16/h11-12H,7-10H2,1-6H3,(H,15,16). The molecule has 1 aliphatic rings. The van der Waals surface area contributed by atoms with E-state index in [2.05, 4.69) is 43.5 Å². The van der Waals surface area contributed by atoms with Crippen molar-refractivity contribution in [2.45, 2.75) is 71.0 Å². The van der Waals surface area contributed by atoms with Crippen LogP contribution in [0.5, 0.6) is 0 Å². The summed E-state index contributed by atoms with van der Waals surface area (Å²) in [4.78, 5) is 11.0. The molecule has 1 aliphatic carbocycles. The molecule has 0 amide bonds. The van der Waals surface area contributed by atoms with E-state index >= 15 is 0 Å². The number of hydrogen-bond acceptors (Lipinski definition) is 2. The van der Waals surface area contributed by atoms with Crippen LogP contribution in [0.3, 0.4) is 0 Å². The van der Waals surface area contributed by atoms with E-state index in [-0.39, 0.29) is 5.92 Å². The van der Waals surface area contributed by atoms with Crippen molar-refractivity contribution < 1.29 is 9.90 Å². The van der Waals surface area contributed by atoms with Gasteiger partial charge in [0, 0.05) is 0 Å². The number of nitrogens with zero attached hydrogens (tertiary/aromatic N) is 1. The Bertz CT molecular complexity index is 285. The first-order valence-corrected chi connectivity index (χ1v) is 13.9. The molecule has 0 atom stereocenters. The average Bonchev–Trinajstić information content (AvgIpc) is 2.13. The molecule has 0 saturated heterocycles. The zero-order chi connectivity index (χ0) is 14.1. The summed E-state index contributed by atoms with van der Waals surface area (Å²) >= 11 is 0. The van der Waals surface area contributed by atoms with Crippen molar-refractivity contribution in [2.75, 3.05) is 0 Å². The molecule has 0 aromatic heterocycles. The van der Waals surface area contributed by atoms with Crippen LogP contribution in [0.25, 0.3) is 0 Å². The molecule has 1 N–H and O–H groups in total. The minimum atomic E-state index is -1.31. The van der Waals surface area contributed by atoms with Gasteiger partial charge in [-0.05, 0) is 31.7 Å². The lowest BCUT2D eigenvalue weighted by molar-refractivity contribution is -0.142. The van der Waals surface area contributed by atoms with E-state index in [1.807, 2.05) is 0 Å². The predicted octanol–water partition coefficient (Wildman–Crippen LogP) is 3.60. The third-order valence-electron chi connectivity index (χ3n) is 3.86. The van der Waals surface area contributed by atoms with Gasteiger partial charge in [0.05, 0.1) is 5.92 Å². The van der Waals surface area contributed by atoms with Gasteiger partial charge >= 0.3 is 5.97 Å². The summed E-state index contributed by atoms with van der Waals surface area (Å²) in [6.45, 7) is 14.6. The predicted molar refractivity (Wildman–Crippen MR) is 81.9 cm³/mol. The lowest BCUT2D eigenvalue weighted by Gasteiger charge is -2.50. The molecule has 0 unspecified atom stereocenters. The molecule has 0 aromatic rings. The zero-order valence-corrected chi connectivity index (χ0v) is 14.8. The van der Waals surface area contributed by atoms with E-state index in [0.29, 0.717) is 6.04 Å². The van der Waals surface area contributed by atoms with E-state index in [9.17, 15) is 4.79 Å². The molecule has 0 bridgehead atoms. The molecule has 0 heterocycles. The van der Waals surface area contributed by atoms with Crippen LogP contribution in [-0.2, 0) is 4.79 Å². The zero-order valence-electron chi connectivity index (χ0n) is 12.8. The van der Waals surface area contributed by atoms with E-state index < -0.39 is 22.4 Å². The molecule has 5 heteroatoms. The SMILES string of the molecule is C[Si](C)(C)N(C1CCC(C(=O)O)CC1)[Si](C)(C)C. The second-order valence-electron chi connectivity index (χ2n) is 7.56. The molecule has 3 nitrogen and oxygen atoms in total. The van der Waals surface area contributed by atoms with Crippen LogP contribution < -0.4 is 0 Å². The first-order valence-electron chi connectivity index (χ1n) is 7.05. The van der Waals surface area contributed by atoms with Crippen LogP contribution in [0.15, 0.2) is 0 Å². The lowest BCUT2D eigenvalue weighted by Crippen LogP contribution is -2.63. The largest absolute Gasteiger partial charge is 0.481 e. The van der Waals surface area contributed by atoms with Gasteiger partial charge in [0.25, 0.3) is 0 Å². The van der Waals surface area contributed by atoms with E-state index in [1.165, 1.54) is 0 Å². The molecule has 18 heavy (non-hydrogen) atoms. The molecule has 1 saturated carbocycles. The molecule has 0 radical (unpaired) electrons. The number of aliphatic carboxylic acids is 1. The van der Waals surface area contributed by atoms with Crippen LogP contribution in [0.4, 0.5) is 0 Å². The van der Waals surface area contributed by atoms with Gasteiger partial charge in [-0.2, -0.15) is 0 Å². The van der Waals surface area contributed by atoms with Gasteiger partial charge in [0.2, 0.25) is 0 Å². The quantitative estimate of drug-likeness (QED) is 0.803. The van der Waals surface area contributed by atoms with Gasteiger partial charge < -0.3 is 9.34 Å². The summed E-state index contributed by atoms with van der Waals surface area (Å²) < 4.78 is 2.85. The first-order chi connectivity index (χ1) is 8.03. The minimum Gasteiger partial charge on any atom is -0.481 e. The first kappa shape index (κ1) is 15.9. The highest BCUT2D eigenvalue weighted by molar-refractivity contribution is 6.89. The Morgan fingerprint density at radius 1 is 0.944 bits per heavy atom. The van der Waals surface area contributed by atoms with Crippen molar-refractivity contribution in [3.8, 4) is 0 Å². The molecule has 1 rings (SSSR count). The fraction of sp³-hybridized carbons (Fsp3) is 0.923. The molecular weight excluding hydrogens is 258 g/mol. The molecule has 1 fully saturated rings. The third kappa shape index (κ3) is 3.93. The highest BCUT2D eigenvalue weighted by Crippen LogP contribution is 2.33. The molecule has 0 aliphatic heterocycles. The molecule has 106 valence electrons. The maximum Gasteiger partial charge on any atom is 0.306 e. The Balaban J connectivity index is 2.77. The summed E-state index contributed by atoms with van der Waals surface area (Å²) in [5, 5.41) is 9.09. The van der Waals surface area contributed by atoms with Gasteiger partial charge in [-0.3, -0.25) is 4.79 Å². The number of carbonyl (C=O) groups is 1. The minimum absolute atomic E-state index is 0.0913. The Hall–Kier alpha value is -0.136. The second-order valence-corrected chi connectivity index (χ2v) is 17.6. The summed E-state index contributed by atoms with van der Waals surface area (Å²) in [6.07, 6.45) is 3.88. The number of carboxylic acids is 1. The Labute approximate surface area is 114 Å². The maximum absolute atomic E-state index is 11.0. The van der Waals surface area contributed by atoms with Crippen molar-refractivity contribution in [1.82, 2.24) is 4.23 Å². The van der Waals surface area contributed by atoms with Crippen molar-refractivity contribution in [3.63, 3.8) is 0 Å². The van der Waals surface area contributed by atoms with Gasteiger partial charge in [-0.1, -0.05) is 39.3 Å². The average molecular weight is 288 g/mol. The Kier molecular flexibility index (Phi) is 4.83. The fourth-order valence-corrected chi connectivity index (χ4v) is 14.4. The monoisotopic (exact) mass is 287 g/mol. The van der Waals surface area contributed by atoms with Gasteiger partial charge in [-0.25, -0.2) is 0 Å². The second kappa shape index (κ2) is 5.47. The summed E-state index contributed by atoms with van der Waals surface area (Å²) in [6, 6.07) is 0.638. The van der Waals surface area contributed by atoms with Crippen LogP contribution in [-0.4, -0.2) is 37.8 Å². The molecule has 0 spiro atoms. The van der Waals surface area contributed by atoms with Crippen LogP contribution in [0.2, 0.25) is 39.3 Å².